The fourth-order valence-electron chi connectivity index (χ4n) is 2.98. The van der Waals surface area contributed by atoms with Crippen LogP contribution in [-0.2, 0) is 11.8 Å². The van der Waals surface area contributed by atoms with Gasteiger partial charge in [0.15, 0.2) is 17.5 Å². The highest BCUT2D eigenvalue weighted by Gasteiger charge is 2.35. The Kier molecular flexibility index (Phi) is 4.62. The molecule has 0 spiro atoms. The van der Waals surface area contributed by atoms with Crippen LogP contribution in [-0.4, -0.2) is 55.6 Å². The van der Waals surface area contributed by atoms with Crippen LogP contribution in [0.2, 0.25) is 0 Å². The molecule has 3 heterocycles. The van der Waals surface area contributed by atoms with Gasteiger partial charge in [0.05, 0.1) is 24.4 Å². The lowest BCUT2D eigenvalue weighted by atomic mass is 10.0. The van der Waals surface area contributed by atoms with Gasteiger partial charge in [-0.2, -0.15) is 0 Å². The molecule has 1 aliphatic rings. The van der Waals surface area contributed by atoms with Crippen LogP contribution < -0.4 is 4.90 Å². The van der Waals surface area contributed by atoms with Gasteiger partial charge in [-0.1, -0.05) is 6.07 Å². The van der Waals surface area contributed by atoms with Crippen LogP contribution in [0, 0.1) is 17.5 Å². The van der Waals surface area contributed by atoms with Crippen molar-refractivity contribution >= 4 is 11.8 Å². The van der Waals surface area contributed by atoms with Gasteiger partial charge in [0.2, 0.25) is 0 Å². The molecule has 3 aromatic rings. The van der Waals surface area contributed by atoms with Crippen molar-refractivity contribution in [3.63, 3.8) is 0 Å². The number of rotatable bonds is 4. The zero-order valence-electron chi connectivity index (χ0n) is 14.9. The number of hydrogen-bond acceptors (Lipinski definition) is 7. The maximum atomic E-state index is 14.7. The summed E-state index contributed by atoms with van der Waals surface area (Å²) in [6.07, 6.45) is -0.742. The van der Waals surface area contributed by atoms with E-state index in [1.807, 2.05) is 0 Å². The number of ether oxygens (including phenoxy) is 1. The molecule has 4 rings (SSSR count). The lowest BCUT2D eigenvalue weighted by Gasteiger charge is -2.16. The van der Waals surface area contributed by atoms with Gasteiger partial charge in [-0.3, -0.25) is 9.88 Å². The van der Waals surface area contributed by atoms with Gasteiger partial charge < -0.3 is 9.84 Å². The van der Waals surface area contributed by atoms with Gasteiger partial charge in [0, 0.05) is 24.9 Å². The summed E-state index contributed by atoms with van der Waals surface area (Å²) in [6, 6.07) is 3.49. The van der Waals surface area contributed by atoms with E-state index in [2.05, 4.69) is 20.5 Å². The minimum absolute atomic E-state index is 0.0124. The zero-order chi connectivity index (χ0) is 20.7. The number of hydrogen-bond donors (Lipinski definition) is 1. The van der Waals surface area contributed by atoms with E-state index in [1.165, 1.54) is 16.8 Å². The number of benzene rings is 1. The van der Waals surface area contributed by atoms with Crippen LogP contribution in [0.25, 0.3) is 22.6 Å². The highest BCUT2D eigenvalue weighted by molar-refractivity contribution is 5.90. The van der Waals surface area contributed by atoms with E-state index < -0.39 is 47.5 Å². The summed E-state index contributed by atoms with van der Waals surface area (Å²) in [4.78, 5) is 16.6. The molecule has 0 radical (unpaired) electrons. The number of carbonyl (C=O) groups excluding carboxylic acids is 1. The van der Waals surface area contributed by atoms with E-state index in [9.17, 15) is 18.0 Å². The van der Waals surface area contributed by atoms with E-state index in [-0.39, 0.29) is 12.1 Å². The Balaban J connectivity index is 1.71. The van der Waals surface area contributed by atoms with Gasteiger partial charge in [-0.05, 0) is 16.5 Å². The number of aryl methyl sites for hydroxylation is 1. The van der Waals surface area contributed by atoms with Crippen LogP contribution in [0.1, 0.15) is 0 Å². The van der Waals surface area contributed by atoms with E-state index in [0.717, 1.165) is 11.1 Å². The molecule has 0 bridgehead atoms. The average molecular weight is 406 g/mol. The van der Waals surface area contributed by atoms with Crippen molar-refractivity contribution in [3.05, 3.63) is 41.8 Å². The standard InChI is InChI=1S/C17H13F3N6O3/c1-25-16(22-23-24-25)11-3-2-8(5-21-11)13-10(18)4-12(14(19)15(13)20)26-6-9(7-27)29-17(26)28/h2-5,9,27H,6-7H2,1H3/t9-/m1/s1. The van der Waals surface area contributed by atoms with Crippen LogP contribution in [0.5, 0.6) is 0 Å². The van der Waals surface area contributed by atoms with Crippen LogP contribution in [0.15, 0.2) is 24.4 Å². The third kappa shape index (κ3) is 3.16. The van der Waals surface area contributed by atoms with E-state index in [0.29, 0.717) is 17.6 Å². The van der Waals surface area contributed by atoms with E-state index >= 15 is 0 Å². The molecular formula is C17H13F3N6O3. The Morgan fingerprint density at radius 3 is 2.66 bits per heavy atom. The summed E-state index contributed by atoms with van der Waals surface area (Å²) < 4.78 is 50.2. The fraction of sp³-hybridized carbons (Fsp3) is 0.235. The van der Waals surface area contributed by atoms with Crippen molar-refractivity contribution in [2.24, 2.45) is 7.05 Å². The number of tetrazole rings is 1. The average Bonchev–Trinajstić information content (AvgIpc) is 3.30. The number of cyclic esters (lactones) is 1. The zero-order valence-corrected chi connectivity index (χ0v) is 14.9. The smallest absolute Gasteiger partial charge is 0.414 e. The first-order chi connectivity index (χ1) is 13.9. The molecular weight excluding hydrogens is 393 g/mol. The summed E-state index contributed by atoms with van der Waals surface area (Å²) >= 11 is 0. The quantitative estimate of drug-likeness (QED) is 0.657. The molecule has 9 nitrogen and oxygen atoms in total. The van der Waals surface area contributed by atoms with Crippen LogP contribution in [0.3, 0.4) is 0 Å². The number of aromatic nitrogens is 5. The molecule has 1 fully saturated rings. The minimum atomic E-state index is -1.48. The number of aliphatic hydroxyl groups is 1. The number of pyridine rings is 1. The second-order valence-electron chi connectivity index (χ2n) is 6.24. The first-order valence-electron chi connectivity index (χ1n) is 8.36. The molecule has 29 heavy (non-hydrogen) atoms. The minimum Gasteiger partial charge on any atom is -0.441 e. The molecule has 12 heteroatoms. The normalized spacial score (nSPS) is 16.4. The molecule has 0 aliphatic carbocycles. The SMILES string of the molecule is Cn1nnnc1-c1ccc(-c2c(F)cc(N3C[C@H](CO)OC3=O)c(F)c2F)cn1. The second-order valence-corrected chi connectivity index (χ2v) is 6.24. The molecule has 1 N–H and O–H groups in total. The number of aliphatic hydroxyl groups excluding tert-OH is 1. The number of amides is 1. The van der Waals surface area contributed by atoms with Gasteiger partial charge in [-0.25, -0.2) is 22.6 Å². The van der Waals surface area contributed by atoms with Crippen molar-refractivity contribution in [3.8, 4) is 22.6 Å². The molecule has 1 aliphatic heterocycles. The monoisotopic (exact) mass is 406 g/mol. The Morgan fingerprint density at radius 2 is 2.07 bits per heavy atom. The predicted molar refractivity (Wildman–Crippen MR) is 92.0 cm³/mol. The van der Waals surface area contributed by atoms with Gasteiger partial charge in [0.25, 0.3) is 0 Å². The molecule has 2 aromatic heterocycles. The lowest BCUT2D eigenvalue weighted by Crippen LogP contribution is -2.27. The van der Waals surface area contributed by atoms with E-state index in [4.69, 9.17) is 9.84 Å². The first-order valence-corrected chi connectivity index (χ1v) is 8.36. The van der Waals surface area contributed by atoms with Crippen molar-refractivity contribution in [1.29, 1.82) is 0 Å². The third-order valence-corrected chi connectivity index (χ3v) is 4.41. The molecule has 1 atom stereocenters. The van der Waals surface area contributed by atoms with E-state index in [1.54, 1.807) is 7.05 Å². The largest absolute Gasteiger partial charge is 0.441 e. The maximum absolute atomic E-state index is 14.7. The summed E-state index contributed by atoms with van der Waals surface area (Å²) in [7, 11) is 1.60. The molecule has 1 amide bonds. The Labute approximate surface area is 161 Å². The van der Waals surface area contributed by atoms with Crippen molar-refractivity contribution in [2.75, 3.05) is 18.1 Å². The van der Waals surface area contributed by atoms with Crippen molar-refractivity contribution in [1.82, 2.24) is 25.2 Å². The maximum Gasteiger partial charge on any atom is 0.414 e. The number of anilines is 1. The first kappa shape index (κ1) is 18.8. The lowest BCUT2D eigenvalue weighted by molar-refractivity contribution is 0.0963. The molecule has 1 aromatic carbocycles. The summed E-state index contributed by atoms with van der Waals surface area (Å²) in [5, 5.41) is 20.0. The number of carbonyl (C=O) groups is 1. The third-order valence-electron chi connectivity index (χ3n) is 4.41. The van der Waals surface area contributed by atoms with Crippen LogP contribution in [0.4, 0.5) is 23.7 Å². The Hall–Kier alpha value is -3.54. The molecule has 0 unspecified atom stereocenters. The second kappa shape index (κ2) is 7.13. The summed E-state index contributed by atoms with van der Waals surface area (Å²) in [5.74, 6) is -3.65. The Morgan fingerprint density at radius 1 is 1.28 bits per heavy atom. The molecule has 150 valence electrons. The summed E-state index contributed by atoms with van der Waals surface area (Å²) in [5.41, 5.74) is -0.900. The van der Waals surface area contributed by atoms with Gasteiger partial charge in [0.1, 0.15) is 17.6 Å². The fourth-order valence-corrected chi connectivity index (χ4v) is 2.98. The predicted octanol–water partition coefficient (Wildman–Crippen LogP) is 1.67. The molecule has 1 saturated heterocycles. The topological polar surface area (TPSA) is 106 Å². The highest BCUT2D eigenvalue weighted by atomic mass is 19.2. The van der Waals surface area contributed by atoms with Crippen molar-refractivity contribution in [2.45, 2.75) is 6.10 Å². The summed E-state index contributed by atoms with van der Waals surface area (Å²) in [6.45, 7) is -0.724. The van der Waals surface area contributed by atoms with Crippen molar-refractivity contribution < 1.29 is 27.8 Å². The highest BCUT2D eigenvalue weighted by Crippen LogP contribution is 2.35. The Bertz CT molecular complexity index is 1090. The van der Waals surface area contributed by atoms with Gasteiger partial charge in [-0.15, -0.1) is 5.10 Å². The number of halogens is 3. The molecule has 0 saturated carbocycles. The van der Waals surface area contributed by atoms with Gasteiger partial charge >= 0.3 is 6.09 Å². The number of nitrogens with zero attached hydrogens (tertiary/aromatic N) is 6. The van der Waals surface area contributed by atoms with Crippen LogP contribution >= 0.6 is 0 Å².